The standard InChI is InChI=1S/C17H28N4O2/c1-13-18-14(23-19-13)16(2)8-11-21(12-9-16)15(22)17(3)7-5-6-10-20(17)4/h5-12H2,1-4H3/t17-/m0/s1. The summed E-state index contributed by atoms with van der Waals surface area (Å²) < 4.78 is 5.38. The zero-order valence-corrected chi connectivity index (χ0v) is 14.8. The molecule has 23 heavy (non-hydrogen) atoms. The van der Waals surface area contributed by atoms with Gasteiger partial charge < -0.3 is 9.42 Å². The number of aromatic nitrogens is 2. The molecule has 1 aromatic heterocycles. The topological polar surface area (TPSA) is 62.5 Å². The monoisotopic (exact) mass is 320 g/mol. The molecule has 6 nitrogen and oxygen atoms in total. The van der Waals surface area contributed by atoms with Gasteiger partial charge in [-0.25, -0.2) is 0 Å². The van der Waals surface area contributed by atoms with Crippen molar-refractivity contribution >= 4 is 5.91 Å². The van der Waals surface area contributed by atoms with Crippen molar-refractivity contribution in [3.63, 3.8) is 0 Å². The number of hydrogen-bond acceptors (Lipinski definition) is 5. The van der Waals surface area contributed by atoms with Crippen molar-refractivity contribution in [2.24, 2.45) is 0 Å². The van der Waals surface area contributed by atoms with Gasteiger partial charge in [-0.1, -0.05) is 12.1 Å². The van der Waals surface area contributed by atoms with Crippen LogP contribution in [-0.4, -0.2) is 58.1 Å². The molecular formula is C17H28N4O2. The Morgan fingerprint density at radius 3 is 2.39 bits per heavy atom. The number of aryl methyl sites for hydroxylation is 1. The maximum atomic E-state index is 13.1. The zero-order chi connectivity index (χ0) is 16.7. The zero-order valence-electron chi connectivity index (χ0n) is 14.8. The number of nitrogens with zero attached hydrogens (tertiary/aromatic N) is 4. The van der Waals surface area contributed by atoms with Crippen LogP contribution in [0, 0.1) is 6.92 Å². The van der Waals surface area contributed by atoms with E-state index in [-0.39, 0.29) is 16.9 Å². The van der Waals surface area contributed by atoms with E-state index in [0.717, 1.165) is 45.3 Å². The SMILES string of the molecule is Cc1noc(C2(C)CCN(C(=O)[C@]3(C)CCCCN3C)CC2)n1. The van der Waals surface area contributed by atoms with Gasteiger partial charge in [0.2, 0.25) is 11.8 Å². The first-order chi connectivity index (χ1) is 10.8. The summed E-state index contributed by atoms with van der Waals surface area (Å²) in [5.41, 5.74) is -0.454. The predicted octanol–water partition coefficient (Wildman–Crippen LogP) is 2.13. The Morgan fingerprint density at radius 1 is 1.13 bits per heavy atom. The molecule has 0 unspecified atom stereocenters. The highest BCUT2D eigenvalue weighted by Gasteiger charge is 2.44. The highest BCUT2D eigenvalue weighted by atomic mass is 16.5. The van der Waals surface area contributed by atoms with Gasteiger partial charge in [-0.2, -0.15) is 4.98 Å². The largest absolute Gasteiger partial charge is 0.341 e. The molecule has 3 heterocycles. The molecule has 128 valence electrons. The maximum absolute atomic E-state index is 13.1. The Hall–Kier alpha value is -1.43. The minimum atomic E-state index is -0.340. The third-order valence-corrected chi connectivity index (χ3v) is 5.91. The van der Waals surface area contributed by atoms with Crippen molar-refractivity contribution in [3.8, 4) is 0 Å². The van der Waals surface area contributed by atoms with Crippen molar-refractivity contribution in [2.75, 3.05) is 26.7 Å². The highest BCUT2D eigenvalue weighted by Crippen LogP contribution is 2.36. The minimum Gasteiger partial charge on any atom is -0.341 e. The van der Waals surface area contributed by atoms with Crippen LogP contribution in [-0.2, 0) is 10.2 Å². The summed E-state index contributed by atoms with van der Waals surface area (Å²) in [6.07, 6.45) is 5.03. The molecule has 6 heteroatoms. The van der Waals surface area contributed by atoms with Crippen LogP contribution in [0.4, 0.5) is 0 Å². The summed E-state index contributed by atoms with van der Waals surface area (Å²) in [7, 11) is 2.08. The van der Waals surface area contributed by atoms with Crippen LogP contribution in [0.1, 0.15) is 57.7 Å². The number of rotatable bonds is 2. The average Bonchev–Trinajstić information content (AvgIpc) is 2.98. The lowest BCUT2D eigenvalue weighted by Gasteiger charge is -2.46. The fourth-order valence-corrected chi connectivity index (χ4v) is 3.83. The molecule has 2 aliphatic rings. The summed E-state index contributed by atoms with van der Waals surface area (Å²) in [5, 5.41) is 3.91. The van der Waals surface area contributed by atoms with E-state index in [1.54, 1.807) is 0 Å². The van der Waals surface area contributed by atoms with Gasteiger partial charge >= 0.3 is 0 Å². The predicted molar refractivity (Wildman–Crippen MR) is 87.1 cm³/mol. The molecule has 0 bridgehead atoms. The van der Waals surface area contributed by atoms with Crippen molar-refractivity contribution in [1.29, 1.82) is 0 Å². The average molecular weight is 320 g/mol. The Balaban J connectivity index is 1.68. The summed E-state index contributed by atoms with van der Waals surface area (Å²) in [6, 6.07) is 0. The third-order valence-electron chi connectivity index (χ3n) is 5.91. The molecule has 1 aromatic rings. The second-order valence-corrected chi connectivity index (χ2v) is 7.65. The number of piperidine rings is 2. The maximum Gasteiger partial charge on any atom is 0.242 e. The van der Waals surface area contributed by atoms with Crippen LogP contribution < -0.4 is 0 Å². The lowest BCUT2D eigenvalue weighted by molar-refractivity contribution is -0.146. The molecule has 0 spiro atoms. The van der Waals surface area contributed by atoms with E-state index in [1.165, 1.54) is 6.42 Å². The van der Waals surface area contributed by atoms with E-state index in [9.17, 15) is 4.79 Å². The van der Waals surface area contributed by atoms with E-state index in [1.807, 2.05) is 11.8 Å². The van der Waals surface area contributed by atoms with Crippen molar-refractivity contribution in [1.82, 2.24) is 19.9 Å². The van der Waals surface area contributed by atoms with Crippen molar-refractivity contribution in [3.05, 3.63) is 11.7 Å². The second-order valence-electron chi connectivity index (χ2n) is 7.65. The molecule has 2 saturated heterocycles. The van der Waals surface area contributed by atoms with Gasteiger partial charge in [-0.3, -0.25) is 9.69 Å². The van der Waals surface area contributed by atoms with Gasteiger partial charge in [-0.15, -0.1) is 0 Å². The Bertz CT molecular complexity index is 577. The highest BCUT2D eigenvalue weighted by molar-refractivity contribution is 5.86. The van der Waals surface area contributed by atoms with Crippen LogP contribution in [0.25, 0.3) is 0 Å². The Morgan fingerprint density at radius 2 is 1.83 bits per heavy atom. The number of likely N-dealkylation sites (N-methyl/N-ethyl adjacent to an activating group) is 1. The first-order valence-corrected chi connectivity index (χ1v) is 8.67. The Labute approximate surface area is 138 Å². The fourth-order valence-electron chi connectivity index (χ4n) is 3.83. The summed E-state index contributed by atoms with van der Waals surface area (Å²) in [6.45, 7) is 8.64. The molecule has 3 rings (SSSR count). The number of hydrogen-bond donors (Lipinski definition) is 0. The van der Waals surface area contributed by atoms with Gasteiger partial charge in [-0.05, 0) is 59.5 Å². The lowest BCUT2D eigenvalue weighted by Crippen LogP contribution is -2.60. The van der Waals surface area contributed by atoms with Crippen LogP contribution >= 0.6 is 0 Å². The van der Waals surface area contributed by atoms with Crippen molar-refractivity contribution < 1.29 is 9.32 Å². The van der Waals surface area contributed by atoms with Gasteiger partial charge in [0.1, 0.15) is 0 Å². The fraction of sp³-hybridized carbons (Fsp3) is 0.824. The second kappa shape index (κ2) is 5.89. The summed E-state index contributed by atoms with van der Waals surface area (Å²) in [4.78, 5) is 21.7. The van der Waals surface area contributed by atoms with E-state index in [2.05, 4.69) is 35.9 Å². The molecule has 0 saturated carbocycles. The van der Waals surface area contributed by atoms with Gasteiger partial charge in [0, 0.05) is 13.1 Å². The number of carbonyl (C=O) groups excluding carboxylic acids is 1. The lowest BCUT2D eigenvalue weighted by atomic mass is 9.79. The molecular weight excluding hydrogens is 292 g/mol. The molecule has 2 aliphatic heterocycles. The van der Waals surface area contributed by atoms with E-state index >= 15 is 0 Å². The summed E-state index contributed by atoms with van der Waals surface area (Å²) in [5.74, 6) is 1.67. The van der Waals surface area contributed by atoms with Crippen LogP contribution in [0.2, 0.25) is 0 Å². The van der Waals surface area contributed by atoms with Crippen LogP contribution in [0.5, 0.6) is 0 Å². The molecule has 0 aromatic carbocycles. The third kappa shape index (κ3) is 2.89. The molecule has 1 atom stereocenters. The minimum absolute atomic E-state index is 0.114. The first kappa shape index (κ1) is 16.4. The molecule has 0 radical (unpaired) electrons. The van der Waals surface area contributed by atoms with Gasteiger partial charge in [0.05, 0.1) is 11.0 Å². The number of amides is 1. The molecule has 0 N–H and O–H groups in total. The number of carbonyl (C=O) groups is 1. The smallest absolute Gasteiger partial charge is 0.242 e. The van der Waals surface area contributed by atoms with Gasteiger partial charge in [0.15, 0.2) is 5.82 Å². The number of likely N-dealkylation sites (tertiary alicyclic amines) is 2. The van der Waals surface area contributed by atoms with E-state index in [0.29, 0.717) is 11.7 Å². The molecule has 1 amide bonds. The van der Waals surface area contributed by atoms with E-state index < -0.39 is 0 Å². The Kier molecular flexibility index (Phi) is 4.21. The van der Waals surface area contributed by atoms with Crippen LogP contribution in [0.15, 0.2) is 4.52 Å². The summed E-state index contributed by atoms with van der Waals surface area (Å²) >= 11 is 0. The quantitative estimate of drug-likeness (QED) is 0.835. The van der Waals surface area contributed by atoms with Gasteiger partial charge in [0.25, 0.3) is 0 Å². The molecule has 2 fully saturated rings. The first-order valence-electron chi connectivity index (χ1n) is 8.67. The molecule has 0 aliphatic carbocycles. The van der Waals surface area contributed by atoms with Crippen molar-refractivity contribution in [2.45, 2.75) is 63.8 Å². The normalized spacial score (nSPS) is 28.8. The van der Waals surface area contributed by atoms with Crippen LogP contribution in [0.3, 0.4) is 0 Å². The van der Waals surface area contributed by atoms with E-state index in [4.69, 9.17) is 4.52 Å².